The van der Waals surface area contributed by atoms with Gasteiger partial charge in [0.15, 0.2) is 0 Å². The van der Waals surface area contributed by atoms with Crippen molar-refractivity contribution in [3.8, 4) is 0 Å². The molecule has 0 aromatic heterocycles. The zero-order valence-corrected chi connectivity index (χ0v) is 12.3. The highest BCUT2D eigenvalue weighted by atomic mass is 16.3. The van der Waals surface area contributed by atoms with Crippen molar-refractivity contribution in [1.82, 2.24) is 5.32 Å². The second kappa shape index (κ2) is 7.22. The number of hydrogen-bond donors (Lipinski definition) is 3. The molecule has 2 atom stereocenters. The normalized spacial score (nSPS) is 21.6. The summed E-state index contributed by atoms with van der Waals surface area (Å²) in [5.74, 6) is -1.28. The van der Waals surface area contributed by atoms with Crippen LogP contribution in [-0.2, 0) is 9.59 Å². The molecule has 0 aliphatic heterocycles. The first-order chi connectivity index (χ1) is 10.1. The van der Waals surface area contributed by atoms with Crippen LogP contribution in [-0.4, -0.2) is 29.6 Å². The third-order valence-corrected chi connectivity index (χ3v) is 3.99. The molecule has 2 rings (SSSR count). The molecule has 114 valence electrons. The van der Waals surface area contributed by atoms with Crippen LogP contribution in [0.15, 0.2) is 24.3 Å². The fourth-order valence-corrected chi connectivity index (χ4v) is 2.62. The largest absolute Gasteiger partial charge is 0.393 e. The number of benzene rings is 1. The van der Waals surface area contributed by atoms with E-state index in [9.17, 15) is 14.7 Å². The summed E-state index contributed by atoms with van der Waals surface area (Å²) < 4.78 is 0. The molecule has 0 spiro atoms. The van der Waals surface area contributed by atoms with Gasteiger partial charge in [-0.25, -0.2) is 0 Å². The molecular weight excluding hydrogens is 268 g/mol. The summed E-state index contributed by atoms with van der Waals surface area (Å²) in [4.78, 5) is 23.6. The molecule has 0 unspecified atom stereocenters. The lowest BCUT2D eigenvalue weighted by Crippen LogP contribution is -2.41. The fourth-order valence-electron chi connectivity index (χ4n) is 2.62. The third kappa shape index (κ3) is 4.29. The summed E-state index contributed by atoms with van der Waals surface area (Å²) in [6, 6.07) is 7.30. The van der Waals surface area contributed by atoms with Crippen molar-refractivity contribution in [1.29, 1.82) is 0 Å². The van der Waals surface area contributed by atoms with Gasteiger partial charge in [0.25, 0.3) is 0 Å². The van der Waals surface area contributed by atoms with Crippen molar-refractivity contribution in [2.45, 2.75) is 38.7 Å². The van der Waals surface area contributed by atoms with Crippen LogP contribution in [0.1, 0.15) is 31.2 Å². The van der Waals surface area contributed by atoms with Gasteiger partial charge in [0.05, 0.1) is 6.10 Å². The van der Waals surface area contributed by atoms with Crippen molar-refractivity contribution >= 4 is 17.5 Å². The van der Waals surface area contributed by atoms with Gasteiger partial charge in [-0.05, 0) is 31.4 Å². The first-order valence-electron chi connectivity index (χ1n) is 7.41. The number of amides is 2. The maximum atomic E-state index is 11.8. The van der Waals surface area contributed by atoms with E-state index in [1.807, 2.05) is 19.1 Å². The monoisotopic (exact) mass is 290 g/mol. The molecule has 1 aromatic rings. The minimum absolute atomic E-state index is 0.0500. The molecule has 0 bridgehead atoms. The lowest BCUT2D eigenvalue weighted by molar-refractivity contribution is -0.136. The number of carbonyl (C=O) groups is 2. The second-order valence-electron chi connectivity index (χ2n) is 5.59. The Balaban J connectivity index is 1.83. The van der Waals surface area contributed by atoms with E-state index in [2.05, 4.69) is 10.6 Å². The lowest BCUT2D eigenvalue weighted by atomic mass is 9.86. The van der Waals surface area contributed by atoms with Crippen LogP contribution in [0.5, 0.6) is 0 Å². The summed E-state index contributed by atoms with van der Waals surface area (Å²) in [5, 5.41) is 15.0. The molecule has 5 nitrogen and oxygen atoms in total. The standard InChI is InChI=1S/C16H22N2O3/c1-11-6-2-4-8-13(11)18-16(21)15(20)17-10-12-7-3-5-9-14(12)19/h2,4,6,8,12,14,19H,3,5,7,9-10H2,1H3,(H,17,20)(H,18,21)/t12-,14+/m0/s1. The molecule has 1 aromatic carbocycles. The predicted octanol–water partition coefficient (Wildman–Crippen LogP) is 1.60. The molecule has 5 heteroatoms. The van der Waals surface area contributed by atoms with Gasteiger partial charge in [0, 0.05) is 18.2 Å². The average molecular weight is 290 g/mol. The predicted molar refractivity (Wildman–Crippen MR) is 80.8 cm³/mol. The topological polar surface area (TPSA) is 78.4 Å². The van der Waals surface area contributed by atoms with E-state index >= 15 is 0 Å². The first kappa shape index (κ1) is 15.5. The number of nitrogens with one attached hydrogen (secondary N) is 2. The third-order valence-electron chi connectivity index (χ3n) is 3.99. The molecule has 1 aliphatic carbocycles. The van der Waals surface area contributed by atoms with Crippen LogP contribution in [0.4, 0.5) is 5.69 Å². The van der Waals surface area contributed by atoms with Crippen LogP contribution in [0.2, 0.25) is 0 Å². The molecule has 1 aliphatic rings. The van der Waals surface area contributed by atoms with E-state index < -0.39 is 11.8 Å². The van der Waals surface area contributed by atoms with E-state index in [4.69, 9.17) is 0 Å². The molecule has 2 amide bonds. The van der Waals surface area contributed by atoms with Crippen LogP contribution in [0.3, 0.4) is 0 Å². The average Bonchev–Trinajstić information content (AvgIpc) is 2.48. The highest BCUT2D eigenvalue weighted by Crippen LogP contribution is 2.23. The number of aryl methyl sites for hydroxylation is 1. The van der Waals surface area contributed by atoms with E-state index in [0.29, 0.717) is 12.2 Å². The van der Waals surface area contributed by atoms with E-state index in [-0.39, 0.29) is 12.0 Å². The fraction of sp³-hybridized carbons (Fsp3) is 0.500. The summed E-state index contributed by atoms with van der Waals surface area (Å²) in [6.45, 7) is 2.22. The highest BCUT2D eigenvalue weighted by molar-refractivity contribution is 6.39. The van der Waals surface area contributed by atoms with Gasteiger partial charge in [-0.2, -0.15) is 0 Å². The van der Waals surface area contributed by atoms with Crippen LogP contribution in [0, 0.1) is 12.8 Å². The first-order valence-corrected chi connectivity index (χ1v) is 7.41. The summed E-state index contributed by atoms with van der Waals surface area (Å²) in [6.07, 6.45) is 3.38. The van der Waals surface area contributed by atoms with E-state index in [1.54, 1.807) is 12.1 Å². The van der Waals surface area contributed by atoms with Gasteiger partial charge in [0.2, 0.25) is 0 Å². The molecule has 0 radical (unpaired) electrons. The Kier molecular flexibility index (Phi) is 5.33. The van der Waals surface area contributed by atoms with Gasteiger partial charge in [-0.1, -0.05) is 31.0 Å². The molecule has 3 N–H and O–H groups in total. The number of anilines is 1. The zero-order valence-electron chi connectivity index (χ0n) is 12.3. The van der Waals surface area contributed by atoms with Gasteiger partial charge in [-0.3, -0.25) is 9.59 Å². The molecular formula is C16H22N2O3. The minimum atomic E-state index is -0.672. The summed E-state index contributed by atoms with van der Waals surface area (Å²) >= 11 is 0. The minimum Gasteiger partial charge on any atom is -0.393 e. The van der Waals surface area contributed by atoms with Crippen LogP contribution in [0.25, 0.3) is 0 Å². The SMILES string of the molecule is Cc1ccccc1NC(=O)C(=O)NC[C@@H]1CCCC[C@H]1O. The Labute approximate surface area is 124 Å². The number of hydrogen-bond acceptors (Lipinski definition) is 3. The zero-order chi connectivity index (χ0) is 15.2. The van der Waals surface area contributed by atoms with Crippen LogP contribution >= 0.6 is 0 Å². The van der Waals surface area contributed by atoms with Crippen molar-refractivity contribution in [3.63, 3.8) is 0 Å². The smallest absolute Gasteiger partial charge is 0.313 e. The second-order valence-corrected chi connectivity index (χ2v) is 5.59. The lowest BCUT2D eigenvalue weighted by Gasteiger charge is -2.27. The van der Waals surface area contributed by atoms with Crippen molar-refractivity contribution in [3.05, 3.63) is 29.8 Å². The Hall–Kier alpha value is -1.88. The molecule has 1 saturated carbocycles. The Morgan fingerprint density at radius 1 is 1.19 bits per heavy atom. The van der Waals surface area contributed by atoms with Gasteiger partial charge in [0.1, 0.15) is 0 Å². The maximum Gasteiger partial charge on any atom is 0.313 e. The molecule has 21 heavy (non-hydrogen) atoms. The van der Waals surface area contributed by atoms with E-state index in [1.165, 1.54) is 0 Å². The van der Waals surface area contributed by atoms with Crippen molar-refractivity contribution in [2.24, 2.45) is 5.92 Å². The molecule has 0 saturated heterocycles. The van der Waals surface area contributed by atoms with Gasteiger partial charge < -0.3 is 15.7 Å². The summed E-state index contributed by atoms with van der Waals surface area (Å²) in [7, 11) is 0. The number of para-hydroxylation sites is 1. The van der Waals surface area contributed by atoms with Crippen molar-refractivity contribution in [2.75, 3.05) is 11.9 Å². The maximum absolute atomic E-state index is 11.8. The number of aliphatic hydroxyl groups excluding tert-OH is 1. The molecule has 1 fully saturated rings. The molecule has 0 heterocycles. The van der Waals surface area contributed by atoms with Gasteiger partial charge >= 0.3 is 11.8 Å². The highest BCUT2D eigenvalue weighted by Gasteiger charge is 2.24. The Morgan fingerprint density at radius 3 is 2.62 bits per heavy atom. The number of carbonyl (C=O) groups excluding carboxylic acids is 2. The summed E-state index contributed by atoms with van der Waals surface area (Å²) in [5.41, 5.74) is 1.54. The quantitative estimate of drug-likeness (QED) is 0.740. The number of rotatable bonds is 3. The van der Waals surface area contributed by atoms with Crippen LogP contribution < -0.4 is 10.6 Å². The number of aliphatic hydroxyl groups is 1. The Morgan fingerprint density at radius 2 is 1.90 bits per heavy atom. The van der Waals surface area contributed by atoms with Gasteiger partial charge in [-0.15, -0.1) is 0 Å². The van der Waals surface area contributed by atoms with Crippen molar-refractivity contribution < 1.29 is 14.7 Å². The van der Waals surface area contributed by atoms with E-state index in [0.717, 1.165) is 31.2 Å². The Bertz CT molecular complexity index is 516.